The van der Waals surface area contributed by atoms with Crippen molar-refractivity contribution in [1.82, 2.24) is 10.6 Å². The van der Waals surface area contributed by atoms with Crippen molar-refractivity contribution in [3.63, 3.8) is 0 Å². The number of esters is 1. The number of ether oxygens (including phenoxy) is 3. The minimum Gasteiger partial charge on any atom is -0.488 e. The third kappa shape index (κ3) is 8.45. The normalized spacial score (nSPS) is 12.8. The van der Waals surface area contributed by atoms with Crippen LogP contribution in [0.4, 0.5) is 4.79 Å². The summed E-state index contributed by atoms with van der Waals surface area (Å²) in [5.41, 5.74) is 5.74. The van der Waals surface area contributed by atoms with E-state index in [-0.39, 0.29) is 24.9 Å². The maximum Gasteiger partial charge on any atom is 0.407 e. The van der Waals surface area contributed by atoms with Crippen molar-refractivity contribution < 1.29 is 28.6 Å². The van der Waals surface area contributed by atoms with E-state index in [1.54, 1.807) is 31.3 Å². The molecule has 1 aliphatic carbocycles. The van der Waals surface area contributed by atoms with Gasteiger partial charge in [0.25, 0.3) is 5.91 Å². The van der Waals surface area contributed by atoms with Gasteiger partial charge < -0.3 is 24.8 Å². The van der Waals surface area contributed by atoms with Gasteiger partial charge in [0, 0.05) is 41.6 Å². The summed E-state index contributed by atoms with van der Waals surface area (Å²) < 4.78 is 18.8. The molecule has 57 heavy (non-hydrogen) atoms. The van der Waals surface area contributed by atoms with Crippen LogP contribution in [0.3, 0.4) is 0 Å². The van der Waals surface area contributed by atoms with Crippen molar-refractivity contribution in [2.75, 3.05) is 13.7 Å². The quantitative estimate of drug-likeness (QED) is 0.0954. The van der Waals surface area contributed by atoms with Crippen molar-refractivity contribution >= 4 is 18.0 Å². The standard InChI is InChI=1S/C49H46N2O6/c1-48(2,3)56-38-29-23-33(24-30-38)31-44(51-47(54)55-32-43-41-21-13-11-19-39(41)40-20-12-14-22-42(40)43)46(53)57-49(35-15-7-5-8-16-35,36-17-9-6-10-18-36)37-27-25-34(26-28-37)45(52)50-4/h5-30,43-44H,31-32H2,1-4H3,(H,50,52)(H,51,54)/t44-/m1/s1. The molecule has 0 aliphatic heterocycles. The van der Waals surface area contributed by atoms with Crippen LogP contribution in [0.15, 0.2) is 158 Å². The van der Waals surface area contributed by atoms with Gasteiger partial charge in [-0.3, -0.25) is 4.79 Å². The molecule has 288 valence electrons. The number of carbonyl (C=O) groups is 3. The van der Waals surface area contributed by atoms with E-state index in [0.29, 0.717) is 28.0 Å². The summed E-state index contributed by atoms with van der Waals surface area (Å²) in [6.07, 6.45) is -0.639. The molecule has 1 atom stereocenters. The Balaban J connectivity index is 1.23. The van der Waals surface area contributed by atoms with Crippen molar-refractivity contribution in [2.45, 2.75) is 50.4 Å². The van der Waals surface area contributed by atoms with Crippen LogP contribution in [0.25, 0.3) is 11.1 Å². The lowest BCUT2D eigenvalue weighted by Crippen LogP contribution is -2.47. The van der Waals surface area contributed by atoms with E-state index in [0.717, 1.165) is 27.8 Å². The first kappa shape index (κ1) is 38.6. The smallest absolute Gasteiger partial charge is 0.407 e. The molecule has 0 saturated heterocycles. The Morgan fingerprint density at radius 1 is 0.632 bits per heavy atom. The summed E-state index contributed by atoms with van der Waals surface area (Å²) in [7, 11) is 1.57. The molecule has 6 aromatic rings. The third-order valence-corrected chi connectivity index (χ3v) is 10.1. The fourth-order valence-electron chi connectivity index (χ4n) is 7.50. The lowest BCUT2D eigenvalue weighted by Gasteiger charge is -2.36. The number of hydrogen-bond donors (Lipinski definition) is 2. The maximum absolute atomic E-state index is 14.9. The van der Waals surface area contributed by atoms with E-state index in [9.17, 15) is 14.4 Å². The molecular formula is C49H46N2O6. The van der Waals surface area contributed by atoms with Gasteiger partial charge in [0.05, 0.1) is 0 Å². The van der Waals surface area contributed by atoms with E-state index < -0.39 is 29.3 Å². The number of fused-ring (bicyclic) bond motifs is 3. The molecule has 1 aliphatic rings. The summed E-state index contributed by atoms with van der Waals surface area (Å²) >= 11 is 0. The zero-order chi connectivity index (χ0) is 40.0. The molecule has 6 aromatic carbocycles. The van der Waals surface area contributed by atoms with Gasteiger partial charge >= 0.3 is 12.1 Å². The Hall–Kier alpha value is -6.67. The third-order valence-electron chi connectivity index (χ3n) is 10.1. The van der Waals surface area contributed by atoms with E-state index in [1.165, 1.54) is 0 Å². The highest BCUT2D eigenvalue weighted by atomic mass is 16.6. The van der Waals surface area contributed by atoms with Crippen LogP contribution in [-0.2, 0) is 26.3 Å². The maximum atomic E-state index is 14.9. The largest absolute Gasteiger partial charge is 0.488 e. The number of benzene rings is 6. The molecule has 0 unspecified atom stereocenters. The van der Waals surface area contributed by atoms with Crippen LogP contribution in [0, 0.1) is 0 Å². The fraction of sp³-hybridized carbons (Fsp3) is 0.204. The first-order valence-corrected chi connectivity index (χ1v) is 19.1. The average Bonchev–Trinajstić information content (AvgIpc) is 3.55. The lowest BCUT2D eigenvalue weighted by atomic mass is 9.79. The Labute approximate surface area is 333 Å². The number of rotatable bonds is 12. The minimum atomic E-state index is -1.47. The van der Waals surface area contributed by atoms with E-state index in [4.69, 9.17) is 14.2 Å². The summed E-state index contributed by atoms with van der Waals surface area (Å²) in [6, 6.07) is 48.4. The topological polar surface area (TPSA) is 103 Å². The number of amides is 2. The van der Waals surface area contributed by atoms with Gasteiger partial charge in [-0.1, -0.05) is 133 Å². The average molecular weight is 759 g/mol. The minimum absolute atomic E-state index is 0.0795. The molecule has 0 fully saturated rings. The predicted octanol–water partition coefficient (Wildman–Crippen LogP) is 9.21. The zero-order valence-corrected chi connectivity index (χ0v) is 32.5. The van der Waals surface area contributed by atoms with Crippen molar-refractivity contribution in [2.24, 2.45) is 0 Å². The molecule has 2 N–H and O–H groups in total. The number of hydrogen-bond acceptors (Lipinski definition) is 6. The molecule has 0 saturated carbocycles. The van der Waals surface area contributed by atoms with Crippen molar-refractivity contribution in [3.05, 3.63) is 197 Å². The van der Waals surface area contributed by atoms with Crippen LogP contribution in [-0.4, -0.2) is 43.3 Å². The predicted molar refractivity (Wildman–Crippen MR) is 221 cm³/mol. The summed E-state index contributed by atoms with van der Waals surface area (Å²) in [5.74, 6) is -0.399. The Bertz CT molecular complexity index is 2250. The molecule has 0 spiro atoms. The molecule has 0 aromatic heterocycles. The monoisotopic (exact) mass is 758 g/mol. The Morgan fingerprint density at radius 3 is 1.67 bits per heavy atom. The van der Waals surface area contributed by atoms with Crippen LogP contribution in [0.1, 0.15) is 70.4 Å². The highest BCUT2D eigenvalue weighted by molar-refractivity contribution is 5.94. The zero-order valence-electron chi connectivity index (χ0n) is 32.5. The number of alkyl carbamates (subject to hydrolysis) is 1. The van der Waals surface area contributed by atoms with Crippen LogP contribution < -0.4 is 15.4 Å². The second-order valence-corrected chi connectivity index (χ2v) is 15.1. The van der Waals surface area contributed by atoms with Gasteiger partial charge in [0.15, 0.2) is 5.60 Å². The van der Waals surface area contributed by atoms with Gasteiger partial charge in [0.1, 0.15) is 24.0 Å². The summed E-state index contributed by atoms with van der Waals surface area (Å²) in [6.45, 7) is 6.01. The Morgan fingerprint density at radius 2 is 1.14 bits per heavy atom. The van der Waals surface area contributed by atoms with Crippen molar-refractivity contribution in [3.8, 4) is 16.9 Å². The first-order valence-electron chi connectivity index (χ1n) is 19.1. The van der Waals surface area contributed by atoms with Gasteiger partial charge in [-0.2, -0.15) is 0 Å². The summed E-state index contributed by atoms with van der Waals surface area (Å²) in [4.78, 5) is 41.3. The molecule has 0 bridgehead atoms. The number of carbonyl (C=O) groups excluding carboxylic acids is 3. The summed E-state index contributed by atoms with van der Waals surface area (Å²) in [5, 5.41) is 5.54. The van der Waals surface area contributed by atoms with E-state index >= 15 is 0 Å². The molecule has 7 rings (SSSR count). The van der Waals surface area contributed by atoms with E-state index in [1.807, 2.05) is 130 Å². The van der Waals surface area contributed by atoms with Crippen LogP contribution in [0.5, 0.6) is 5.75 Å². The first-order chi connectivity index (χ1) is 27.6. The molecular weight excluding hydrogens is 713 g/mol. The Kier molecular flexibility index (Phi) is 11.2. The molecule has 8 nitrogen and oxygen atoms in total. The second kappa shape index (κ2) is 16.6. The highest BCUT2D eigenvalue weighted by Gasteiger charge is 2.43. The molecule has 0 radical (unpaired) electrons. The van der Waals surface area contributed by atoms with Crippen molar-refractivity contribution in [1.29, 1.82) is 0 Å². The lowest BCUT2D eigenvalue weighted by molar-refractivity contribution is -0.156. The highest BCUT2D eigenvalue weighted by Crippen LogP contribution is 2.45. The fourth-order valence-corrected chi connectivity index (χ4v) is 7.50. The van der Waals surface area contributed by atoms with Gasteiger partial charge in [-0.25, -0.2) is 9.59 Å². The van der Waals surface area contributed by atoms with Crippen LogP contribution >= 0.6 is 0 Å². The molecule has 2 amide bonds. The van der Waals surface area contributed by atoms with E-state index in [2.05, 4.69) is 34.9 Å². The van der Waals surface area contributed by atoms with Gasteiger partial charge in [-0.05, 0) is 72.9 Å². The van der Waals surface area contributed by atoms with Gasteiger partial charge in [-0.15, -0.1) is 0 Å². The molecule has 8 heteroatoms. The second-order valence-electron chi connectivity index (χ2n) is 15.1. The molecule has 0 heterocycles. The SMILES string of the molecule is CNC(=O)c1ccc(C(OC(=O)[C@@H](Cc2ccc(OC(C)(C)C)cc2)NC(=O)OCC2c3ccccc3-c3ccccc32)(c2ccccc2)c2ccccc2)cc1. The van der Waals surface area contributed by atoms with Crippen LogP contribution in [0.2, 0.25) is 0 Å². The van der Waals surface area contributed by atoms with Gasteiger partial charge in [0.2, 0.25) is 0 Å². The number of nitrogens with one attached hydrogen (secondary N) is 2.